The van der Waals surface area contributed by atoms with Gasteiger partial charge in [0.1, 0.15) is 0 Å². The molecule has 1 aromatic carbocycles. The highest BCUT2D eigenvalue weighted by molar-refractivity contribution is 5.94. The number of hydrogen-bond donors (Lipinski definition) is 0. The fraction of sp³-hybridized carbons (Fsp3) is 0.0909. The molecule has 2 heteroatoms. The molecular weight excluding hydrogens is 164 g/mol. The fourth-order valence-electron chi connectivity index (χ4n) is 0.901. The molecule has 0 radical (unpaired) electrons. The lowest BCUT2D eigenvalue weighted by Gasteiger charge is -1.93. The van der Waals surface area contributed by atoms with Crippen LogP contribution in [0, 0.1) is 11.8 Å². The summed E-state index contributed by atoms with van der Waals surface area (Å²) < 4.78 is 0. The van der Waals surface area contributed by atoms with E-state index in [9.17, 15) is 9.59 Å². The average molecular weight is 172 g/mol. The molecule has 0 N–H and O–H groups in total. The van der Waals surface area contributed by atoms with Crippen molar-refractivity contribution in [1.29, 1.82) is 0 Å². The summed E-state index contributed by atoms with van der Waals surface area (Å²) in [6.07, 6.45) is 0.541. The van der Waals surface area contributed by atoms with Gasteiger partial charge in [-0.1, -0.05) is 18.1 Å². The number of Topliss-reactive ketones (excluding diaryl/α,β-unsaturated/α-hetero) is 1. The van der Waals surface area contributed by atoms with Crippen LogP contribution in [0.3, 0.4) is 0 Å². The molecule has 0 spiro atoms. The van der Waals surface area contributed by atoms with Crippen LogP contribution in [0.1, 0.15) is 22.8 Å². The highest BCUT2D eigenvalue weighted by Crippen LogP contribution is 2.03. The molecule has 0 saturated heterocycles. The van der Waals surface area contributed by atoms with Crippen LogP contribution in [0.2, 0.25) is 0 Å². The summed E-state index contributed by atoms with van der Waals surface area (Å²) in [5.74, 6) is 4.95. The Bertz CT molecular complexity index is 377. The summed E-state index contributed by atoms with van der Waals surface area (Å²) >= 11 is 0. The van der Waals surface area contributed by atoms with Gasteiger partial charge in [0.05, 0.1) is 0 Å². The molecule has 2 nitrogen and oxygen atoms in total. The predicted molar refractivity (Wildman–Crippen MR) is 49.4 cm³/mol. The Morgan fingerprint density at radius 2 is 1.92 bits per heavy atom. The van der Waals surface area contributed by atoms with Gasteiger partial charge in [-0.05, 0) is 25.0 Å². The summed E-state index contributed by atoms with van der Waals surface area (Å²) in [5, 5.41) is 0. The van der Waals surface area contributed by atoms with Crippen molar-refractivity contribution in [1.82, 2.24) is 0 Å². The van der Waals surface area contributed by atoms with Gasteiger partial charge < -0.3 is 0 Å². The van der Waals surface area contributed by atoms with Gasteiger partial charge in [0.25, 0.3) is 0 Å². The zero-order chi connectivity index (χ0) is 9.68. The van der Waals surface area contributed by atoms with Crippen molar-refractivity contribution in [2.75, 3.05) is 0 Å². The first kappa shape index (κ1) is 9.21. The number of benzene rings is 1. The Morgan fingerprint density at radius 1 is 1.31 bits per heavy atom. The third-order valence-corrected chi connectivity index (χ3v) is 1.57. The molecule has 0 aliphatic carbocycles. The van der Waals surface area contributed by atoms with Crippen LogP contribution in [0.15, 0.2) is 24.3 Å². The highest BCUT2D eigenvalue weighted by Gasteiger charge is 1.96. The molecule has 0 heterocycles. The minimum absolute atomic E-state index is 0.0231. The van der Waals surface area contributed by atoms with Crippen molar-refractivity contribution in [3.63, 3.8) is 0 Å². The first-order chi connectivity index (χ1) is 6.24. The van der Waals surface area contributed by atoms with E-state index >= 15 is 0 Å². The predicted octanol–water partition coefficient (Wildman–Crippen LogP) is 1.44. The first-order valence-corrected chi connectivity index (χ1v) is 3.80. The second-order valence-corrected chi connectivity index (χ2v) is 2.52. The Labute approximate surface area is 76.6 Å². The van der Waals surface area contributed by atoms with Crippen LogP contribution < -0.4 is 0 Å². The number of aldehydes is 1. The molecule has 1 aromatic rings. The molecule has 0 fully saturated rings. The monoisotopic (exact) mass is 172 g/mol. The average Bonchev–Trinajstić information content (AvgIpc) is 2.15. The SMILES string of the molecule is CC(=O)c1ccc(C#CC=O)cc1. The zero-order valence-electron chi connectivity index (χ0n) is 7.20. The first-order valence-electron chi connectivity index (χ1n) is 3.80. The quantitative estimate of drug-likeness (QED) is 0.365. The molecule has 1 rings (SSSR count). The lowest BCUT2D eigenvalue weighted by Crippen LogP contribution is -1.90. The number of ketones is 1. The van der Waals surface area contributed by atoms with Gasteiger partial charge in [-0.25, -0.2) is 0 Å². The van der Waals surface area contributed by atoms with Crippen molar-refractivity contribution in [2.45, 2.75) is 6.92 Å². The van der Waals surface area contributed by atoms with Gasteiger partial charge in [-0.3, -0.25) is 9.59 Å². The summed E-state index contributed by atoms with van der Waals surface area (Å²) in [7, 11) is 0. The van der Waals surface area contributed by atoms with Crippen molar-refractivity contribution in [3.05, 3.63) is 35.4 Å². The maximum atomic E-state index is 10.9. The van der Waals surface area contributed by atoms with Crippen LogP contribution in [0.4, 0.5) is 0 Å². The van der Waals surface area contributed by atoms with E-state index < -0.39 is 0 Å². The molecule has 0 unspecified atom stereocenters. The lowest BCUT2D eigenvalue weighted by molar-refractivity contribution is -0.103. The molecule has 0 atom stereocenters. The normalized spacial score (nSPS) is 8.38. The molecule has 0 saturated carbocycles. The Kier molecular flexibility index (Phi) is 2.99. The second kappa shape index (κ2) is 4.22. The van der Waals surface area contributed by atoms with Crippen LogP contribution in [0.5, 0.6) is 0 Å². The van der Waals surface area contributed by atoms with Gasteiger partial charge in [0, 0.05) is 11.1 Å². The Balaban J connectivity index is 2.93. The van der Waals surface area contributed by atoms with E-state index in [4.69, 9.17) is 0 Å². The maximum absolute atomic E-state index is 10.9. The van der Waals surface area contributed by atoms with Gasteiger partial charge >= 0.3 is 0 Å². The van der Waals surface area contributed by atoms with Crippen LogP contribution in [0.25, 0.3) is 0 Å². The third kappa shape index (κ3) is 2.57. The number of carbonyl (C=O) groups excluding carboxylic acids is 2. The Morgan fingerprint density at radius 3 is 2.38 bits per heavy atom. The standard InChI is InChI=1S/C11H8O2/c1-9(13)11-6-4-10(5-7-11)3-2-8-12/h4-8H,1H3. The van der Waals surface area contributed by atoms with E-state index in [0.717, 1.165) is 5.56 Å². The van der Waals surface area contributed by atoms with E-state index in [2.05, 4.69) is 11.8 Å². The van der Waals surface area contributed by atoms with E-state index in [0.29, 0.717) is 11.8 Å². The molecule has 13 heavy (non-hydrogen) atoms. The van der Waals surface area contributed by atoms with E-state index in [-0.39, 0.29) is 5.78 Å². The van der Waals surface area contributed by atoms with E-state index in [1.165, 1.54) is 6.92 Å². The molecule has 0 aliphatic heterocycles. The Hall–Kier alpha value is -1.88. The molecule has 0 aromatic heterocycles. The number of hydrogen-bond acceptors (Lipinski definition) is 2. The molecule has 0 bridgehead atoms. The minimum atomic E-state index is 0.0231. The highest BCUT2D eigenvalue weighted by atomic mass is 16.1. The lowest BCUT2D eigenvalue weighted by atomic mass is 10.1. The summed E-state index contributed by atoms with van der Waals surface area (Å²) in [6.45, 7) is 1.51. The molecule has 0 aliphatic rings. The zero-order valence-corrected chi connectivity index (χ0v) is 7.20. The van der Waals surface area contributed by atoms with Crippen LogP contribution in [-0.4, -0.2) is 12.1 Å². The van der Waals surface area contributed by atoms with Crippen molar-refractivity contribution < 1.29 is 9.59 Å². The maximum Gasteiger partial charge on any atom is 0.193 e. The van der Waals surface area contributed by atoms with Gasteiger partial charge in [-0.2, -0.15) is 0 Å². The number of rotatable bonds is 1. The summed E-state index contributed by atoms with van der Waals surface area (Å²) in [5.41, 5.74) is 1.38. The smallest absolute Gasteiger partial charge is 0.193 e. The largest absolute Gasteiger partial charge is 0.295 e. The second-order valence-electron chi connectivity index (χ2n) is 2.52. The van der Waals surface area contributed by atoms with Gasteiger partial charge in [0.15, 0.2) is 12.1 Å². The van der Waals surface area contributed by atoms with Crippen molar-refractivity contribution in [2.24, 2.45) is 0 Å². The summed E-state index contributed by atoms with van der Waals surface area (Å²) in [6, 6.07) is 6.81. The van der Waals surface area contributed by atoms with Gasteiger partial charge in [0.2, 0.25) is 0 Å². The van der Waals surface area contributed by atoms with Crippen molar-refractivity contribution >= 4 is 12.1 Å². The van der Waals surface area contributed by atoms with E-state index in [1.807, 2.05) is 0 Å². The summed E-state index contributed by atoms with van der Waals surface area (Å²) in [4.78, 5) is 20.8. The topological polar surface area (TPSA) is 34.1 Å². The minimum Gasteiger partial charge on any atom is -0.295 e. The van der Waals surface area contributed by atoms with Crippen LogP contribution >= 0.6 is 0 Å². The van der Waals surface area contributed by atoms with E-state index in [1.54, 1.807) is 24.3 Å². The molecule has 64 valence electrons. The fourth-order valence-corrected chi connectivity index (χ4v) is 0.901. The van der Waals surface area contributed by atoms with Crippen LogP contribution in [-0.2, 0) is 4.79 Å². The molecule has 0 amide bonds. The molecular formula is C11H8O2. The van der Waals surface area contributed by atoms with Gasteiger partial charge in [-0.15, -0.1) is 0 Å². The number of carbonyl (C=O) groups is 2. The third-order valence-electron chi connectivity index (χ3n) is 1.57. The van der Waals surface area contributed by atoms with Crippen molar-refractivity contribution in [3.8, 4) is 11.8 Å².